The molecular weight excluding hydrogens is 552 g/mol. The van der Waals surface area contributed by atoms with Crippen LogP contribution < -0.4 is 5.32 Å². The molecule has 0 unspecified atom stereocenters. The Morgan fingerprint density at radius 3 is 2.55 bits per heavy atom. The third-order valence-corrected chi connectivity index (χ3v) is 5.66. The topological polar surface area (TPSA) is 109 Å². The normalized spacial score (nSPS) is 12.4. The number of esters is 1. The van der Waals surface area contributed by atoms with Crippen molar-refractivity contribution in [2.24, 2.45) is 5.92 Å². The van der Waals surface area contributed by atoms with Crippen LogP contribution >= 0.6 is 44.5 Å². The molecular formula is C21H20Br2N2O5S. The molecule has 0 aromatic heterocycles. The average molecular weight is 572 g/mol. The number of nitriles is 1. The van der Waals surface area contributed by atoms with Gasteiger partial charge in [0.05, 0.1) is 28.5 Å². The van der Waals surface area contributed by atoms with Gasteiger partial charge in [0.25, 0.3) is 0 Å². The van der Waals surface area contributed by atoms with E-state index in [0.29, 0.717) is 32.2 Å². The lowest BCUT2D eigenvalue weighted by Gasteiger charge is -2.26. The number of hydrogen-bond acceptors (Lipinski definition) is 7. The minimum Gasteiger partial charge on any atom is -0.506 e. The summed E-state index contributed by atoms with van der Waals surface area (Å²) in [6.45, 7) is 1.94. The summed E-state index contributed by atoms with van der Waals surface area (Å²) in [6.07, 6.45) is -1.18. The minimum absolute atomic E-state index is 0.0271. The first-order chi connectivity index (χ1) is 14.7. The fourth-order valence-corrected chi connectivity index (χ4v) is 4.08. The van der Waals surface area contributed by atoms with Gasteiger partial charge in [-0.2, -0.15) is 17.9 Å². The molecule has 0 fully saturated rings. The fourth-order valence-electron chi connectivity index (χ4n) is 2.74. The second-order valence-electron chi connectivity index (χ2n) is 6.61. The highest BCUT2D eigenvalue weighted by atomic mass is 79.9. The number of thiol groups is 1. The van der Waals surface area contributed by atoms with Crippen molar-refractivity contribution in [1.82, 2.24) is 0 Å². The van der Waals surface area contributed by atoms with E-state index in [4.69, 9.17) is 14.7 Å². The van der Waals surface area contributed by atoms with Gasteiger partial charge in [-0.15, -0.1) is 0 Å². The first-order valence-electron chi connectivity index (χ1n) is 9.17. The van der Waals surface area contributed by atoms with Crippen LogP contribution in [-0.4, -0.2) is 29.5 Å². The zero-order valence-electron chi connectivity index (χ0n) is 16.5. The number of benzene rings is 2. The number of nitrogens with zero attached hydrogens (tertiary/aromatic N) is 1. The summed E-state index contributed by atoms with van der Waals surface area (Å²) in [5, 5.41) is 22.0. The molecule has 2 aromatic carbocycles. The van der Waals surface area contributed by atoms with Gasteiger partial charge >= 0.3 is 12.1 Å². The van der Waals surface area contributed by atoms with Gasteiger partial charge in [-0.3, -0.25) is 10.1 Å². The second-order valence-corrected chi connectivity index (χ2v) is 8.70. The van der Waals surface area contributed by atoms with E-state index in [-0.39, 0.29) is 24.0 Å². The summed E-state index contributed by atoms with van der Waals surface area (Å²) in [5.74, 6) is -0.828. The molecule has 2 atom stereocenters. The molecule has 2 aromatic rings. The van der Waals surface area contributed by atoms with Gasteiger partial charge in [0, 0.05) is 21.6 Å². The largest absolute Gasteiger partial charge is 0.506 e. The molecule has 0 aliphatic heterocycles. The molecule has 0 bridgehead atoms. The van der Waals surface area contributed by atoms with E-state index < -0.39 is 18.2 Å². The number of carbonyl (C=O) groups excluding carboxylic acids is 2. The number of anilines is 1. The first-order valence-corrected chi connectivity index (χ1v) is 11.4. The van der Waals surface area contributed by atoms with Crippen molar-refractivity contribution in [3.05, 3.63) is 56.5 Å². The standard InChI is InChI=1S/C21H20Br2N2O5S/c1-12(6-7-29-18(26)11-31)20(16-8-14(22)9-17(23)19(16)27)30-21(28)25-15-4-2-13(10-24)3-5-15/h2-5,8-9,12,20,27,31H,6-7,11H2,1H3,(H,25,28)/t12-,20+/m1/s1. The Morgan fingerprint density at radius 1 is 1.26 bits per heavy atom. The van der Waals surface area contributed by atoms with Gasteiger partial charge in [0.1, 0.15) is 11.9 Å². The van der Waals surface area contributed by atoms with Gasteiger partial charge < -0.3 is 14.6 Å². The van der Waals surface area contributed by atoms with E-state index in [9.17, 15) is 14.7 Å². The third kappa shape index (κ3) is 7.45. The van der Waals surface area contributed by atoms with E-state index in [0.717, 1.165) is 0 Å². The summed E-state index contributed by atoms with van der Waals surface area (Å²) in [6, 6.07) is 11.7. The van der Waals surface area contributed by atoms with Crippen LogP contribution in [0.2, 0.25) is 0 Å². The van der Waals surface area contributed by atoms with Gasteiger partial charge in [-0.25, -0.2) is 4.79 Å². The molecule has 0 saturated heterocycles. The maximum absolute atomic E-state index is 12.6. The number of rotatable bonds is 8. The van der Waals surface area contributed by atoms with Crippen molar-refractivity contribution in [3.8, 4) is 11.8 Å². The van der Waals surface area contributed by atoms with Crippen LogP contribution in [0.5, 0.6) is 5.75 Å². The van der Waals surface area contributed by atoms with Crippen molar-refractivity contribution in [2.75, 3.05) is 17.7 Å². The lowest BCUT2D eigenvalue weighted by molar-refractivity contribution is -0.141. The number of phenolic OH excluding ortho intramolecular Hbond substituents is 1. The van der Waals surface area contributed by atoms with Crippen molar-refractivity contribution in [2.45, 2.75) is 19.4 Å². The van der Waals surface area contributed by atoms with Crippen molar-refractivity contribution < 1.29 is 24.2 Å². The molecule has 164 valence electrons. The van der Waals surface area contributed by atoms with Crippen LogP contribution in [0.1, 0.15) is 30.6 Å². The Morgan fingerprint density at radius 2 is 1.94 bits per heavy atom. The molecule has 0 spiro atoms. The summed E-state index contributed by atoms with van der Waals surface area (Å²) in [5.41, 5.74) is 1.31. The zero-order chi connectivity index (χ0) is 23.0. The molecule has 10 heteroatoms. The first kappa shape index (κ1) is 25.0. The van der Waals surface area contributed by atoms with Crippen LogP contribution in [0, 0.1) is 17.2 Å². The third-order valence-electron chi connectivity index (χ3n) is 4.34. The van der Waals surface area contributed by atoms with Crippen LogP contribution in [0.3, 0.4) is 0 Å². The molecule has 0 radical (unpaired) electrons. The molecule has 0 saturated carbocycles. The number of aromatic hydroxyl groups is 1. The monoisotopic (exact) mass is 570 g/mol. The SMILES string of the molecule is C[C@H](CCOC(=O)CS)[C@H](OC(=O)Nc1ccc(C#N)cc1)c1cc(Br)cc(Br)c1O. The van der Waals surface area contributed by atoms with Gasteiger partial charge in [0.15, 0.2) is 0 Å². The Hall–Kier alpha value is -2.22. The maximum Gasteiger partial charge on any atom is 0.412 e. The molecule has 7 nitrogen and oxygen atoms in total. The Kier molecular flexibility index (Phi) is 9.68. The molecule has 31 heavy (non-hydrogen) atoms. The highest BCUT2D eigenvalue weighted by molar-refractivity contribution is 9.11. The number of amides is 1. The Labute approximate surface area is 202 Å². The van der Waals surface area contributed by atoms with E-state index in [1.54, 1.807) is 36.4 Å². The zero-order valence-corrected chi connectivity index (χ0v) is 20.5. The van der Waals surface area contributed by atoms with Crippen LogP contribution in [0.15, 0.2) is 45.3 Å². The van der Waals surface area contributed by atoms with Gasteiger partial charge in [0.2, 0.25) is 0 Å². The minimum atomic E-state index is -0.832. The Bertz CT molecular complexity index is 979. The molecule has 2 rings (SSSR count). The summed E-state index contributed by atoms with van der Waals surface area (Å²) in [4.78, 5) is 23.9. The smallest absolute Gasteiger partial charge is 0.412 e. The van der Waals surface area contributed by atoms with E-state index in [1.807, 2.05) is 13.0 Å². The fraction of sp³-hybridized carbons (Fsp3) is 0.286. The Balaban J connectivity index is 2.21. The number of ether oxygens (including phenoxy) is 2. The number of carbonyl (C=O) groups is 2. The van der Waals surface area contributed by atoms with Crippen LogP contribution in [0.4, 0.5) is 10.5 Å². The van der Waals surface area contributed by atoms with Crippen LogP contribution in [-0.2, 0) is 14.3 Å². The number of hydrogen-bond donors (Lipinski definition) is 3. The second kappa shape index (κ2) is 12.0. The maximum atomic E-state index is 12.6. The van der Waals surface area contributed by atoms with E-state index in [2.05, 4.69) is 49.8 Å². The summed E-state index contributed by atoms with van der Waals surface area (Å²) >= 11 is 10.5. The van der Waals surface area contributed by atoms with Gasteiger partial charge in [-0.05, 0) is 58.7 Å². The van der Waals surface area contributed by atoms with Crippen LogP contribution in [0.25, 0.3) is 0 Å². The molecule has 0 aliphatic carbocycles. The summed E-state index contributed by atoms with van der Waals surface area (Å²) in [7, 11) is 0. The number of nitrogens with one attached hydrogen (secondary N) is 1. The quantitative estimate of drug-likeness (QED) is 0.282. The van der Waals surface area contributed by atoms with E-state index in [1.165, 1.54) is 0 Å². The van der Waals surface area contributed by atoms with Crippen molar-refractivity contribution in [1.29, 1.82) is 5.26 Å². The lowest BCUT2D eigenvalue weighted by Crippen LogP contribution is -2.23. The molecule has 2 N–H and O–H groups in total. The highest BCUT2D eigenvalue weighted by Gasteiger charge is 2.28. The highest BCUT2D eigenvalue weighted by Crippen LogP contribution is 2.40. The molecule has 1 amide bonds. The lowest BCUT2D eigenvalue weighted by atomic mass is 9.94. The predicted octanol–water partition coefficient (Wildman–Crippen LogP) is 5.58. The predicted molar refractivity (Wildman–Crippen MR) is 126 cm³/mol. The van der Waals surface area contributed by atoms with Gasteiger partial charge in [-0.1, -0.05) is 22.9 Å². The van der Waals surface area contributed by atoms with Crippen molar-refractivity contribution in [3.63, 3.8) is 0 Å². The van der Waals surface area contributed by atoms with E-state index >= 15 is 0 Å². The molecule has 0 aliphatic rings. The number of phenols is 1. The number of halogens is 2. The van der Waals surface area contributed by atoms with Crippen molar-refractivity contribution >= 4 is 62.2 Å². The summed E-state index contributed by atoms with van der Waals surface area (Å²) < 4.78 is 11.8. The molecule has 0 heterocycles. The average Bonchev–Trinajstić information content (AvgIpc) is 2.75.